The third-order valence-electron chi connectivity index (χ3n) is 3.67. The van der Waals surface area contributed by atoms with E-state index in [-0.39, 0.29) is 0 Å². The van der Waals surface area contributed by atoms with Crippen LogP contribution in [0.5, 0.6) is 5.75 Å². The molecule has 1 aromatic carbocycles. The first-order valence-electron chi connectivity index (χ1n) is 7.93. The molecule has 0 bridgehead atoms. The molecule has 20 heavy (non-hydrogen) atoms. The first-order chi connectivity index (χ1) is 9.74. The summed E-state index contributed by atoms with van der Waals surface area (Å²) < 4.78 is 5.50. The molecule has 0 aliphatic heterocycles. The minimum absolute atomic E-state index is 0.427. The maximum Gasteiger partial charge on any atom is 0.119 e. The van der Waals surface area contributed by atoms with Gasteiger partial charge in [-0.3, -0.25) is 0 Å². The van der Waals surface area contributed by atoms with E-state index in [0.717, 1.165) is 45.0 Å². The minimum Gasteiger partial charge on any atom is -0.494 e. The fourth-order valence-corrected chi connectivity index (χ4v) is 2.45. The lowest BCUT2D eigenvalue weighted by atomic mass is 10.0. The molecular weight excluding hydrogens is 248 g/mol. The highest BCUT2D eigenvalue weighted by Gasteiger charge is 2.11. The summed E-state index contributed by atoms with van der Waals surface area (Å²) >= 11 is 0. The Labute approximate surface area is 124 Å². The van der Waals surface area contributed by atoms with Crippen molar-refractivity contribution < 1.29 is 4.74 Å². The molecule has 0 saturated heterocycles. The quantitative estimate of drug-likeness (QED) is 0.709. The summed E-state index contributed by atoms with van der Waals surface area (Å²) in [4.78, 5) is 2.47. The fourth-order valence-electron chi connectivity index (χ4n) is 2.45. The molecule has 0 aliphatic carbocycles. The van der Waals surface area contributed by atoms with Gasteiger partial charge in [0, 0.05) is 6.04 Å². The minimum atomic E-state index is 0.427. The third kappa shape index (κ3) is 5.51. The summed E-state index contributed by atoms with van der Waals surface area (Å²) in [6.45, 7) is 13.7. The van der Waals surface area contributed by atoms with Crippen LogP contribution in [0.4, 0.5) is 0 Å². The number of ether oxygens (including phenoxy) is 1. The molecule has 1 aromatic rings. The van der Waals surface area contributed by atoms with Crippen molar-refractivity contribution in [3.8, 4) is 5.75 Å². The van der Waals surface area contributed by atoms with E-state index in [2.05, 4.69) is 55.3 Å². The average molecular weight is 278 g/mol. The van der Waals surface area contributed by atoms with Gasteiger partial charge >= 0.3 is 0 Å². The number of nitrogens with one attached hydrogen (secondary N) is 1. The molecule has 0 radical (unpaired) electrons. The van der Waals surface area contributed by atoms with Crippen molar-refractivity contribution in [2.45, 2.75) is 40.2 Å². The molecule has 3 heteroatoms. The van der Waals surface area contributed by atoms with Gasteiger partial charge in [-0.25, -0.2) is 0 Å². The highest BCUT2D eigenvalue weighted by atomic mass is 16.5. The van der Waals surface area contributed by atoms with Gasteiger partial charge in [-0.2, -0.15) is 0 Å². The lowest BCUT2D eigenvalue weighted by molar-refractivity contribution is 0.282. The van der Waals surface area contributed by atoms with Crippen LogP contribution in [0.2, 0.25) is 0 Å². The maximum atomic E-state index is 5.50. The standard InChI is InChI=1S/C17H30N2O/c1-5-18-17(13-14-19(6-2)7-3)15-9-11-16(12-10-15)20-8-4/h9-12,17-18H,5-8,13-14H2,1-4H3. The highest BCUT2D eigenvalue weighted by molar-refractivity contribution is 5.29. The Balaban J connectivity index is 2.64. The first-order valence-corrected chi connectivity index (χ1v) is 7.93. The summed E-state index contributed by atoms with van der Waals surface area (Å²) in [5.74, 6) is 0.954. The van der Waals surface area contributed by atoms with Crippen LogP contribution in [0.15, 0.2) is 24.3 Å². The lowest BCUT2D eigenvalue weighted by Gasteiger charge is -2.23. The predicted molar refractivity (Wildman–Crippen MR) is 86.4 cm³/mol. The van der Waals surface area contributed by atoms with Crippen LogP contribution >= 0.6 is 0 Å². The second-order valence-electron chi connectivity index (χ2n) is 4.93. The van der Waals surface area contributed by atoms with Gasteiger partial charge in [0.25, 0.3) is 0 Å². The Morgan fingerprint density at radius 1 is 1.05 bits per heavy atom. The van der Waals surface area contributed by atoms with Gasteiger partial charge in [0.05, 0.1) is 6.61 Å². The Morgan fingerprint density at radius 3 is 2.20 bits per heavy atom. The molecule has 0 aromatic heterocycles. The monoisotopic (exact) mass is 278 g/mol. The fraction of sp³-hybridized carbons (Fsp3) is 0.647. The van der Waals surface area contributed by atoms with Crippen LogP contribution < -0.4 is 10.1 Å². The SMILES string of the molecule is CCNC(CCN(CC)CC)c1ccc(OCC)cc1. The van der Waals surface area contributed by atoms with E-state index in [9.17, 15) is 0 Å². The number of nitrogens with zero attached hydrogens (tertiary/aromatic N) is 1. The van der Waals surface area contributed by atoms with Crippen molar-refractivity contribution in [3.63, 3.8) is 0 Å². The summed E-state index contributed by atoms with van der Waals surface area (Å²) in [6, 6.07) is 8.93. The summed E-state index contributed by atoms with van der Waals surface area (Å²) in [5.41, 5.74) is 1.35. The molecule has 1 rings (SSSR count). The van der Waals surface area contributed by atoms with E-state index in [1.54, 1.807) is 0 Å². The molecule has 0 amide bonds. The molecule has 0 aliphatic rings. The second-order valence-corrected chi connectivity index (χ2v) is 4.93. The van der Waals surface area contributed by atoms with Crippen molar-refractivity contribution in [1.29, 1.82) is 0 Å². The molecule has 0 fully saturated rings. The second kappa shape index (κ2) is 9.78. The van der Waals surface area contributed by atoms with Gasteiger partial charge < -0.3 is 15.0 Å². The van der Waals surface area contributed by atoms with Crippen LogP contribution in [0.25, 0.3) is 0 Å². The Bertz CT molecular complexity index is 347. The van der Waals surface area contributed by atoms with Gasteiger partial charge in [0.15, 0.2) is 0 Å². The smallest absolute Gasteiger partial charge is 0.119 e. The van der Waals surface area contributed by atoms with Gasteiger partial charge in [0.1, 0.15) is 5.75 Å². The number of hydrogen-bond acceptors (Lipinski definition) is 3. The van der Waals surface area contributed by atoms with E-state index in [0.29, 0.717) is 6.04 Å². The Kier molecular flexibility index (Phi) is 8.31. The molecule has 0 heterocycles. The molecule has 1 unspecified atom stereocenters. The van der Waals surface area contributed by atoms with E-state index in [1.807, 2.05) is 6.92 Å². The van der Waals surface area contributed by atoms with Crippen LogP contribution in [0, 0.1) is 0 Å². The van der Waals surface area contributed by atoms with Crippen molar-refractivity contribution in [2.24, 2.45) is 0 Å². The van der Waals surface area contributed by atoms with Crippen molar-refractivity contribution in [1.82, 2.24) is 10.2 Å². The largest absolute Gasteiger partial charge is 0.494 e. The summed E-state index contributed by atoms with van der Waals surface area (Å²) in [5, 5.41) is 3.59. The first kappa shape index (κ1) is 17.0. The van der Waals surface area contributed by atoms with E-state index in [1.165, 1.54) is 5.56 Å². The Morgan fingerprint density at radius 2 is 1.70 bits per heavy atom. The summed E-state index contributed by atoms with van der Waals surface area (Å²) in [7, 11) is 0. The topological polar surface area (TPSA) is 24.5 Å². The molecular formula is C17H30N2O. The number of benzene rings is 1. The van der Waals surface area contributed by atoms with Gasteiger partial charge in [0.2, 0.25) is 0 Å². The van der Waals surface area contributed by atoms with Crippen LogP contribution in [-0.2, 0) is 0 Å². The van der Waals surface area contributed by atoms with E-state index < -0.39 is 0 Å². The molecule has 114 valence electrons. The zero-order chi connectivity index (χ0) is 14.8. The van der Waals surface area contributed by atoms with Crippen LogP contribution in [-0.4, -0.2) is 37.7 Å². The summed E-state index contributed by atoms with van der Waals surface area (Å²) in [6.07, 6.45) is 1.14. The van der Waals surface area contributed by atoms with Gasteiger partial charge in [-0.15, -0.1) is 0 Å². The molecule has 3 nitrogen and oxygen atoms in total. The molecule has 1 atom stereocenters. The predicted octanol–water partition coefficient (Wildman–Crippen LogP) is 3.47. The lowest BCUT2D eigenvalue weighted by Crippen LogP contribution is -2.29. The average Bonchev–Trinajstić information content (AvgIpc) is 2.48. The van der Waals surface area contributed by atoms with Gasteiger partial charge in [-0.1, -0.05) is 32.9 Å². The molecule has 1 N–H and O–H groups in total. The van der Waals surface area contributed by atoms with E-state index >= 15 is 0 Å². The zero-order valence-electron chi connectivity index (χ0n) is 13.5. The maximum absolute atomic E-state index is 5.50. The van der Waals surface area contributed by atoms with Crippen molar-refractivity contribution in [3.05, 3.63) is 29.8 Å². The van der Waals surface area contributed by atoms with Gasteiger partial charge in [-0.05, 0) is 57.2 Å². The zero-order valence-corrected chi connectivity index (χ0v) is 13.5. The normalized spacial score (nSPS) is 12.7. The molecule has 0 saturated carbocycles. The number of hydrogen-bond donors (Lipinski definition) is 1. The molecule has 0 spiro atoms. The number of rotatable bonds is 10. The Hall–Kier alpha value is -1.06. The van der Waals surface area contributed by atoms with Crippen LogP contribution in [0.1, 0.15) is 45.7 Å². The highest BCUT2D eigenvalue weighted by Crippen LogP contribution is 2.20. The third-order valence-corrected chi connectivity index (χ3v) is 3.67. The van der Waals surface area contributed by atoms with Crippen molar-refractivity contribution in [2.75, 3.05) is 32.8 Å². The van der Waals surface area contributed by atoms with Crippen LogP contribution in [0.3, 0.4) is 0 Å². The van der Waals surface area contributed by atoms with E-state index in [4.69, 9.17) is 4.74 Å². The van der Waals surface area contributed by atoms with Crippen molar-refractivity contribution >= 4 is 0 Å².